The lowest BCUT2D eigenvalue weighted by Crippen LogP contribution is -2.06. The molecule has 1 aromatic rings. The molecule has 0 fully saturated rings. The number of esters is 1. The van der Waals surface area contributed by atoms with Crippen LogP contribution in [0.3, 0.4) is 0 Å². The van der Waals surface area contributed by atoms with E-state index in [9.17, 15) is 4.79 Å². The van der Waals surface area contributed by atoms with E-state index in [0.29, 0.717) is 13.0 Å². The first-order chi connectivity index (χ1) is 8.33. The van der Waals surface area contributed by atoms with Crippen molar-refractivity contribution in [2.75, 3.05) is 6.61 Å². The molecule has 0 radical (unpaired) electrons. The number of hydrogen-bond acceptors (Lipinski definition) is 3. The summed E-state index contributed by atoms with van der Waals surface area (Å²) < 4.78 is 5.15. The SMILES string of the molecule is CCCCCC(=O)OCCCc1cccnc1. The van der Waals surface area contributed by atoms with Crippen LogP contribution in [0.1, 0.15) is 44.6 Å². The molecule has 1 aromatic heterocycles. The lowest BCUT2D eigenvalue weighted by Gasteiger charge is -2.04. The van der Waals surface area contributed by atoms with Crippen LogP contribution < -0.4 is 0 Å². The zero-order chi connectivity index (χ0) is 12.3. The van der Waals surface area contributed by atoms with Crippen LogP contribution in [0.15, 0.2) is 24.5 Å². The molecule has 0 amide bonds. The van der Waals surface area contributed by atoms with Crippen molar-refractivity contribution in [3.8, 4) is 0 Å². The molecule has 1 rings (SSSR count). The van der Waals surface area contributed by atoms with Crippen LogP contribution in [0.2, 0.25) is 0 Å². The molecule has 0 atom stereocenters. The minimum absolute atomic E-state index is 0.0652. The molecule has 0 bridgehead atoms. The van der Waals surface area contributed by atoms with Gasteiger partial charge < -0.3 is 4.74 Å². The lowest BCUT2D eigenvalue weighted by molar-refractivity contribution is -0.143. The molecule has 0 aliphatic heterocycles. The van der Waals surface area contributed by atoms with Crippen molar-refractivity contribution in [1.29, 1.82) is 0 Å². The van der Waals surface area contributed by atoms with Crippen molar-refractivity contribution in [3.63, 3.8) is 0 Å². The van der Waals surface area contributed by atoms with Gasteiger partial charge >= 0.3 is 5.97 Å². The summed E-state index contributed by atoms with van der Waals surface area (Å²) in [6.07, 6.45) is 9.12. The Balaban J connectivity index is 2.02. The van der Waals surface area contributed by atoms with Gasteiger partial charge in [0.1, 0.15) is 0 Å². The maximum Gasteiger partial charge on any atom is 0.305 e. The van der Waals surface area contributed by atoms with Crippen LogP contribution in [-0.2, 0) is 16.0 Å². The third-order valence-electron chi connectivity index (χ3n) is 2.58. The van der Waals surface area contributed by atoms with Gasteiger partial charge in [0.15, 0.2) is 0 Å². The largest absolute Gasteiger partial charge is 0.466 e. The number of pyridine rings is 1. The molecule has 0 unspecified atom stereocenters. The Labute approximate surface area is 103 Å². The Morgan fingerprint density at radius 2 is 2.24 bits per heavy atom. The summed E-state index contributed by atoms with van der Waals surface area (Å²) in [6.45, 7) is 2.64. The van der Waals surface area contributed by atoms with Crippen molar-refractivity contribution in [2.45, 2.75) is 45.4 Å². The number of hydrogen-bond donors (Lipinski definition) is 0. The minimum atomic E-state index is -0.0652. The van der Waals surface area contributed by atoms with Crippen LogP contribution in [0.4, 0.5) is 0 Å². The first-order valence-electron chi connectivity index (χ1n) is 6.37. The van der Waals surface area contributed by atoms with E-state index in [2.05, 4.69) is 11.9 Å². The van der Waals surface area contributed by atoms with Gasteiger partial charge in [0.2, 0.25) is 0 Å². The fourth-order valence-corrected chi connectivity index (χ4v) is 1.60. The average Bonchev–Trinajstić information content (AvgIpc) is 2.36. The second-order valence-corrected chi connectivity index (χ2v) is 4.14. The van der Waals surface area contributed by atoms with Crippen molar-refractivity contribution in [1.82, 2.24) is 4.98 Å². The van der Waals surface area contributed by atoms with Crippen LogP contribution in [0.25, 0.3) is 0 Å². The summed E-state index contributed by atoms with van der Waals surface area (Å²) in [7, 11) is 0. The molecule has 3 nitrogen and oxygen atoms in total. The molecule has 0 aliphatic carbocycles. The number of nitrogens with zero attached hydrogens (tertiary/aromatic N) is 1. The van der Waals surface area contributed by atoms with E-state index >= 15 is 0 Å². The predicted molar refractivity (Wildman–Crippen MR) is 67.7 cm³/mol. The third kappa shape index (κ3) is 6.72. The Bertz CT molecular complexity index is 311. The van der Waals surface area contributed by atoms with Crippen molar-refractivity contribution in [3.05, 3.63) is 30.1 Å². The standard InChI is InChI=1S/C14H21NO2/c1-2-3-4-9-14(16)17-11-6-8-13-7-5-10-15-12-13/h5,7,10,12H,2-4,6,8-9,11H2,1H3. The van der Waals surface area contributed by atoms with Gasteiger partial charge in [-0.25, -0.2) is 0 Å². The van der Waals surface area contributed by atoms with E-state index in [-0.39, 0.29) is 5.97 Å². The first kappa shape index (κ1) is 13.7. The molecule has 0 spiro atoms. The van der Waals surface area contributed by atoms with Gasteiger partial charge in [-0.1, -0.05) is 25.8 Å². The summed E-state index contributed by atoms with van der Waals surface area (Å²) >= 11 is 0. The molecule has 0 aromatic carbocycles. The second kappa shape index (κ2) is 8.74. The number of carbonyl (C=O) groups excluding carboxylic acids is 1. The normalized spacial score (nSPS) is 10.2. The summed E-state index contributed by atoms with van der Waals surface area (Å²) in [5, 5.41) is 0. The molecule has 0 aliphatic rings. The third-order valence-corrected chi connectivity index (χ3v) is 2.58. The van der Waals surface area contributed by atoms with Crippen LogP contribution in [-0.4, -0.2) is 17.6 Å². The minimum Gasteiger partial charge on any atom is -0.466 e. The number of carbonyl (C=O) groups is 1. The molecule has 0 N–H and O–H groups in total. The maximum atomic E-state index is 11.3. The van der Waals surface area contributed by atoms with Crippen LogP contribution in [0.5, 0.6) is 0 Å². The number of ether oxygens (including phenoxy) is 1. The van der Waals surface area contributed by atoms with Gasteiger partial charge in [-0.15, -0.1) is 0 Å². The smallest absolute Gasteiger partial charge is 0.305 e. The predicted octanol–water partition coefficient (Wildman–Crippen LogP) is 3.14. The zero-order valence-electron chi connectivity index (χ0n) is 10.5. The highest BCUT2D eigenvalue weighted by atomic mass is 16.5. The highest BCUT2D eigenvalue weighted by Crippen LogP contribution is 2.03. The topological polar surface area (TPSA) is 39.2 Å². The Hall–Kier alpha value is -1.38. The first-order valence-corrected chi connectivity index (χ1v) is 6.37. The number of unbranched alkanes of at least 4 members (excludes halogenated alkanes) is 2. The van der Waals surface area contributed by atoms with E-state index in [4.69, 9.17) is 4.74 Å². The summed E-state index contributed by atoms with van der Waals surface area (Å²) in [6, 6.07) is 3.96. The molecule has 3 heteroatoms. The fraction of sp³-hybridized carbons (Fsp3) is 0.571. The quantitative estimate of drug-likeness (QED) is 0.513. The van der Waals surface area contributed by atoms with Gasteiger partial charge in [-0.2, -0.15) is 0 Å². The highest BCUT2D eigenvalue weighted by molar-refractivity contribution is 5.69. The Morgan fingerprint density at radius 3 is 2.94 bits per heavy atom. The van der Waals surface area contributed by atoms with Gasteiger partial charge in [0.25, 0.3) is 0 Å². The Morgan fingerprint density at radius 1 is 1.35 bits per heavy atom. The number of rotatable bonds is 8. The van der Waals surface area contributed by atoms with Gasteiger partial charge in [-0.05, 0) is 30.9 Å². The van der Waals surface area contributed by atoms with Crippen LogP contribution >= 0.6 is 0 Å². The summed E-state index contributed by atoms with van der Waals surface area (Å²) in [5.74, 6) is -0.0652. The van der Waals surface area contributed by atoms with Crippen LogP contribution in [0, 0.1) is 0 Å². The van der Waals surface area contributed by atoms with E-state index in [1.54, 1.807) is 6.20 Å². The maximum absolute atomic E-state index is 11.3. The van der Waals surface area contributed by atoms with E-state index < -0.39 is 0 Å². The number of aromatic nitrogens is 1. The van der Waals surface area contributed by atoms with E-state index in [1.807, 2.05) is 18.3 Å². The van der Waals surface area contributed by atoms with Gasteiger partial charge in [-0.3, -0.25) is 9.78 Å². The average molecular weight is 235 g/mol. The zero-order valence-corrected chi connectivity index (χ0v) is 10.5. The van der Waals surface area contributed by atoms with Crippen molar-refractivity contribution < 1.29 is 9.53 Å². The number of aryl methyl sites for hydroxylation is 1. The monoisotopic (exact) mass is 235 g/mol. The molecule has 17 heavy (non-hydrogen) atoms. The molecule has 94 valence electrons. The molecular weight excluding hydrogens is 214 g/mol. The summed E-state index contributed by atoms with van der Waals surface area (Å²) in [4.78, 5) is 15.3. The lowest BCUT2D eigenvalue weighted by atomic mass is 10.2. The highest BCUT2D eigenvalue weighted by Gasteiger charge is 2.01. The van der Waals surface area contributed by atoms with Gasteiger partial charge in [0, 0.05) is 18.8 Å². The van der Waals surface area contributed by atoms with E-state index in [1.165, 1.54) is 5.56 Å². The van der Waals surface area contributed by atoms with E-state index in [0.717, 1.165) is 32.1 Å². The molecule has 1 heterocycles. The second-order valence-electron chi connectivity index (χ2n) is 4.14. The van der Waals surface area contributed by atoms with Crippen molar-refractivity contribution in [2.24, 2.45) is 0 Å². The molecular formula is C14H21NO2. The summed E-state index contributed by atoms with van der Waals surface area (Å²) in [5.41, 5.74) is 1.19. The Kier molecular flexibility index (Phi) is 7.03. The van der Waals surface area contributed by atoms with Gasteiger partial charge in [0.05, 0.1) is 6.61 Å². The van der Waals surface area contributed by atoms with Crippen molar-refractivity contribution >= 4 is 5.97 Å². The molecule has 0 saturated carbocycles. The fourth-order valence-electron chi connectivity index (χ4n) is 1.60. The molecule has 0 saturated heterocycles.